The van der Waals surface area contributed by atoms with Crippen LogP contribution in [0.3, 0.4) is 0 Å². The van der Waals surface area contributed by atoms with Gasteiger partial charge in [0.2, 0.25) is 0 Å². The molecule has 0 saturated carbocycles. The van der Waals surface area contributed by atoms with Crippen LogP contribution in [0.4, 0.5) is 0 Å². The van der Waals surface area contributed by atoms with Crippen LogP contribution in [-0.4, -0.2) is 31.8 Å². The van der Waals surface area contributed by atoms with Gasteiger partial charge in [0.15, 0.2) is 10.7 Å². The van der Waals surface area contributed by atoms with Crippen molar-refractivity contribution in [1.29, 1.82) is 0 Å². The Kier molecular flexibility index (Phi) is 3.58. The number of thiazole rings is 1. The largest absolute Gasteiger partial charge is 0.350 e. The first-order chi connectivity index (χ1) is 11.7. The Morgan fingerprint density at radius 3 is 3.04 bits per heavy atom. The van der Waals surface area contributed by atoms with Crippen molar-refractivity contribution in [1.82, 2.24) is 24.7 Å². The average Bonchev–Trinajstić information content (AvgIpc) is 3.15. The number of carbonyl (C=O) groups excluding carboxylic acids is 1. The number of H-pyrrole nitrogens is 1. The van der Waals surface area contributed by atoms with Crippen LogP contribution in [0.5, 0.6) is 0 Å². The van der Waals surface area contributed by atoms with Crippen LogP contribution in [0.1, 0.15) is 16.2 Å². The zero-order valence-corrected chi connectivity index (χ0v) is 13.3. The van der Waals surface area contributed by atoms with Crippen LogP contribution in [0.15, 0.2) is 46.8 Å². The van der Waals surface area contributed by atoms with Crippen LogP contribution >= 0.6 is 11.3 Å². The van der Waals surface area contributed by atoms with Gasteiger partial charge in [-0.2, -0.15) is 0 Å². The first-order valence-corrected chi connectivity index (χ1v) is 8.27. The number of aromatic nitrogens is 4. The first kappa shape index (κ1) is 14.6. The normalized spacial score (nSPS) is 11.2. The van der Waals surface area contributed by atoms with Gasteiger partial charge in [0.25, 0.3) is 11.5 Å². The summed E-state index contributed by atoms with van der Waals surface area (Å²) in [6.45, 7) is 0.387. The summed E-state index contributed by atoms with van der Waals surface area (Å²) in [6.07, 6.45) is 4.46. The average molecular weight is 339 g/mol. The maximum atomic E-state index is 12.2. The predicted molar refractivity (Wildman–Crippen MR) is 91.5 cm³/mol. The Bertz CT molecular complexity index is 1070. The molecule has 1 aromatic carbocycles. The van der Waals surface area contributed by atoms with Gasteiger partial charge in [0.1, 0.15) is 0 Å². The molecule has 4 rings (SSSR count). The van der Waals surface area contributed by atoms with Crippen LogP contribution in [-0.2, 0) is 6.42 Å². The van der Waals surface area contributed by atoms with E-state index in [9.17, 15) is 9.59 Å². The SMILES string of the molecule is O=C(NCCc1cn2ccsc2n1)c1nc2ccccc2[nH]c1=O. The Morgan fingerprint density at radius 1 is 1.29 bits per heavy atom. The molecule has 0 unspecified atom stereocenters. The Hall–Kier alpha value is -3.00. The van der Waals surface area contributed by atoms with Crippen molar-refractivity contribution >= 4 is 33.2 Å². The molecule has 0 bridgehead atoms. The lowest BCUT2D eigenvalue weighted by Crippen LogP contribution is -2.32. The van der Waals surface area contributed by atoms with Crippen molar-refractivity contribution in [2.45, 2.75) is 6.42 Å². The molecule has 0 saturated heterocycles. The molecular weight excluding hydrogens is 326 g/mol. The fourth-order valence-corrected chi connectivity index (χ4v) is 3.19. The van der Waals surface area contributed by atoms with Crippen molar-refractivity contribution in [3.63, 3.8) is 0 Å². The van der Waals surface area contributed by atoms with Gasteiger partial charge in [0.05, 0.1) is 16.7 Å². The Labute approximate surface area is 140 Å². The third-order valence-corrected chi connectivity index (χ3v) is 4.40. The van der Waals surface area contributed by atoms with Crippen molar-refractivity contribution in [3.05, 3.63) is 63.8 Å². The molecule has 8 heteroatoms. The second kappa shape index (κ2) is 5.89. The third-order valence-electron chi connectivity index (χ3n) is 3.62. The molecule has 120 valence electrons. The summed E-state index contributed by atoms with van der Waals surface area (Å²) in [5.74, 6) is -0.483. The molecule has 2 N–H and O–H groups in total. The smallest absolute Gasteiger partial charge is 0.280 e. The maximum absolute atomic E-state index is 12.2. The molecular formula is C16H13N5O2S. The molecule has 0 aliphatic heterocycles. The van der Waals surface area contributed by atoms with Crippen LogP contribution in [0.25, 0.3) is 16.0 Å². The van der Waals surface area contributed by atoms with E-state index in [4.69, 9.17) is 0 Å². The summed E-state index contributed by atoms with van der Waals surface area (Å²) in [4.78, 5) is 36.4. The lowest BCUT2D eigenvalue weighted by atomic mass is 10.3. The fraction of sp³-hybridized carbons (Fsp3) is 0.125. The number of rotatable bonds is 4. The van der Waals surface area contributed by atoms with Gasteiger partial charge in [-0.3, -0.25) is 14.0 Å². The lowest BCUT2D eigenvalue weighted by molar-refractivity contribution is 0.0948. The predicted octanol–water partition coefficient (Wildman–Crippen LogP) is 1.60. The van der Waals surface area contributed by atoms with Gasteiger partial charge in [-0.25, -0.2) is 9.97 Å². The van der Waals surface area contributed by atoms with E-state index in [-0.39, 0.29) is 5.69 Å². The molecule has 7 nitrogen and oxygen atoms in total. The van der Waals surface area contributed by atoms with E-state index in [2.05, 4.69) is 20.3 Å². The van der Waals surface area contributed by atoms with Gasteiger partial charge in [-0.05, 0) is 12.1 Å². The number of aromatic amines is 1. The molecule has 24 heavy (non-hydrogen) atoms. The molecule has 0 atom stereocenters. The molecule has 0 fully saturated rings. The van der Waals surface area contributed by atoms with Gasteiger partial charge in [0, 0.05) is 30.7 Å². The third kappa shape index (κ3) is 2.67. The van der Waals surface area contributed by atoms with Gasteiger partial charge in [-0.1, -0.05) is 12.1 Å². The van der Waals surface area contributed by atoms with Crippen LogP contribution < -0.4 is 10.9 Å². The molecule has 3 aromatic heterocycles. The summed E-state index contributed by atoms with van der Waals surface area (Å²) in [5, 5.41) is 4.69. The van der Waals surface area contributed by atoms with E-state index < -0.39 is 11.5 Å². The number of hydrogen-bond acceptors (Lipinski definition) is 5. The number of carbonyl (C=O) groups is 1. The highest BCUT2D eigenvalue weighted by Crippen LogP contribution is 2.11. The first-order valence-electron chi connectivity index (χ1n) is 7.39. The molecule has 0 aliphatic rings. The van der Waals surface area contributed by atoms with E-state index in [0.29, 0.717) is 24.0 Å². The zero-order chi connectivity index (χ0) is 16.5. The minimum atomic E-state index is -0.492. The Balaban J connectivity index is 1.46. The van der Waals surface area contributed by atoms with Gasteiger partial charge >= 0.3 is 0 Å². The number of para-hydroxylation sites is 2. The highest BCUT2D eigenvalue weighted by atomic mass is 32.1. The van der Waals surface area contributed by atoms with E-state index >= 15 is 0 Å². The molecule has 1 amide bonds. The molecule has 0 spiro atoms. The molecule has 3 heterocycles. The number of fused-ring (bicyclic) bond motifs is 2. The number of nitrogens with zero attached hydrogens (tertiary/aromatic N) is 3. The van der Waals surface area contributed by atoms with Crippen molar-refractivity contribution in [2.24, 2.45) is 0 Å². The molecule has 0 aliphatic carbocycles. The van der Waals surface area contributed by atoms with Gasteiger partial charge in [-0.15, -0.1) is 11.3 Å². The minimum absolute atomic E-state index is 0.125. The summed E-state index contributed by atoms with van der Waals surface area (Å²) in [5.41, 5.74) is 1.46. The fourth-order valence-electron chi connectivity index (χ4n) is 2.47. The molecule has 0 radical (unpaired) electrons. The summed E-state index contributed by atoms with van der Waals surface area (Å²) >= 11 is 1.56. The standard InChI is InChI=1S/C16H13N5O2S/c22-14(13-15(23)20-12-4-2-1-3-11(12)19-13)17-6-5-10-9-21-7-8-24-16(21)18-10/h1-4,7-9H,5-6H2,(H,17,22)(H,20,23). The van der Waals surface area contributed by atoms with Gasteiger partial charge < -0.3 is 10.3 Å². The van der Waals surface area contributed by atoms with E-state index in [0.717, 1.165) is 10.7 Å². The summed E-state index contributed by atoms with van der Waals surface area (Å²) < 4.78 is 1.94. The van der Waals surface area contributed by atoms with Crippen LogP contribution in [0.2, 0.25) is 0 Å². The second-order valence-corrected chi connectivity index (χ2v) is 6.14. The molecule has 4 aromatic rings. The quantitative estimate of drug-likeness (QED) is 0.591. The Morgan fingerprint density at radius 2 is 2.17 bits per heavy atom. The highest BCUT2D eigenvalue weighted by molar-refractivity contribution is 7.15. The van der Waals surface area contributed by atoms with Crippen molar-refractivity contribution in [3.8, 4) is 0 Å². The van der Waals surface area contributed by atoms with E-state index in [1.54, 1.807) is 35.6 Å². The monoisotopic (exact) mass is 339 g/mol. The maximum Gasteiger partial charge on any atom is 0.280 e. The van der Waals surface area contributed by atoms with E-state index in [1.807, 2.05) is 22.2 Å². The topological polar surface area (TPSA) is 92.2 Å². The van der Waals surface area contributed by atoms with E-state index in [1.165, 1.54) is 0 Å². The lowest BCUT2D eigenvalue weighted by Gasteiger charge is -2.04. The highest BCUT2D eigenvalue weighted by Gasteiger charge is 2.13. The summed E-state index contributed by atoms with van der Waals surface area (Å²) in [6, 6.07) is 7.10. The number of imidazole rings is 1. The zero-order valence-electron chi connectivity index (χ0n) is 12.5. The van der Waals surface area contributed by atoms with Crippen LogP contribution in [0, 0.1) is 0 Å². The minimum Gasteiger partial charge on any atom is -0.350 e. The number of hydrogen-bond donors (Lipinski definition) is 2. The van der Waals surface area contributed by atoms with Crippen molar-refractivity contribution in [2.75, 3.05) is 6.54 Å². The van der Waals surface area contributed by atoms with Crippen molar-refractivity contribution < 1.29 is 4.79 Å². The number of amides is 1. The number of nitrogens with one attached hydrogen (secondary N) is 2. The second-order valence-electron chi connectivity index (χ2n) is 5.26. The number of benzene rings is 1. The summed E-state index contributed by atoms with van der Waals surface area (Å²) in [7, 11) is 0.